The van der Waals surface area contributed by atoms with Crippen LogP contribution in [0.2, 0.25) is 0 Å². The van der Waals surface area contributed by atoms with Crippen LogP contribution in [0.1, 0.15) is 42.5 Å². The average Bonchev–Trinajstić information content (AvgIpc) is 2.57. The summed E-state index contributed by atoms with van der Waals surface area (Å²) in [5.41, 5.74) is 1.13. The fraction of sp³-hybridized carbons (Fsp3) is 0.750. The fourth-order valence-electron chi connectivity index (χ4n) is 1.63. The number of aromatic nitrogens is 1. The molecule has 0 spiro atoms. The van der Waals surface area contributed by atoms with E-state index >= 15 is 0 Å². The second kappa shape index (κ2) is 6.33. The molecule has 1 rings (SSSR count). The summed E-state index contributed by atoms with van der Waals surface area (Å²) in [6, 6.07) is 0. The highest BCUT2D eigenvalue weighted by molar-refractivity contribution is 7.11. The number of thiazole rings is 1. The van der Waals surface area contributed by atoms with Crippen LogP contribution in [-0.4, -0.2) is 18.6 Å². The van der Waals surface area contributed by atoms with E-state index in [1.165, 1.54) is 4.88 Å². The van der Waals surface area contributed by atoms with Gasteiger partial charge >= 0.3 is 0 Å². The van der Waals surface area contributed by atoms with Crippen LogP contribution < -0.4 is 5.32 Å². The summed E-state index contributed by atoms with van der Waals surface area (Å²) in [6.07, 6.45) is 0.124. The minimum atomic E-state index is 0.124. The summed E-state index contributed by atoms with van der Waals surface area (Å²) in [6.45, 7) is 10.4. The van der Waals surface area contributed by atoms with Crippen molar-refractivity contribution in [2.45, 2.75) is 40.3 Å². The second-order valence-corrected chi connectivity index (χ2v) is 5.36. The van der Waals surface area contributed by atoms with Gasteiger partial charge in [0.25, 0.3) is 0 Å². The molecular formula is C12H22N2OS. The molecule has 1 unspecified atom stereocenters. The molecule has 92 valence electrons. The number of hydrogen-bond acceptors (Lipinski definition) is 4. The van der Waals surface area contributed by atoms with Crippen molar-refractivity contribution in [3.8, 4) is 0 Å². The van der Waals surface area contributed by atoms with Crippen molar-refractivity contribution < 1.29 is 4.74 Å². The molecule has 1 aromatic heterocycles. The lowest BCUT2D eigenvalue weighted by Gasteiger charge is -2.15. The van der Waals surface area contributed by atoms with Crippen LogP contribution in [0.15, 0.2) is 0 Å². The molecule has 0 saturated carbocycles. The normalized spacial score (nSPS) is 13.4. The van der Waals surface area contributed by atoms with Crippen LogP contribution in [0.4, 0.5) is 0 Å². The van der Waals surface area contributed by atoms with Gasteiger partial charge in [-0.2, -0.15) is 0 Å². The summed E-state index contributed by atoms with van der Waals surface area (Å²) in [4.78, 5) is 5.93. The van der Waals surface area contributed by atoms with E-state index in [0.717, 1.165) is 23.8 Å². The maximum absolute atomic E-state index is 5.50. The van der Waals surface area contributed by atoms with Crippen molar-refractivity contribution in [2.75, 3.05) is 13.7 Å². The van der Waals surface area contributed by atoms with Gasteiger partial charge in [0.15, 0.2) is 0 Å². The van der Waals surface area contributed by atoms with Crippen LogP contribution >= 0.6 is 11.3 Å². The third-order valence-corrected chi connectivity index (χ3v) is 3.77. The Morgan fingerprint density at radius 1 is 1.44 bits per heavy atom. The summed E-state index contributed by atoms with van der Waals surface area (Å²) < 4.78 is 5.50. The molecular weight excluding hydrogens is 220 g/mol. The van der Waals surface area contributed by atoms with Crippen LogP contribution in [0.25, 0.3) is 0 Å². The number of methoxy groups -OCH3 is 1. The van der Waals surface area contributed by atoms with Crippen molar-refractivity contribution >= 4 is 11.3 Å². The Bertz CT molecular complexity index is 323. The molecule has 0 aliphatic heterocycles. The third-order valence-electron chi connectivity index (χ3n) is 2.55. The largest absolute Gasteiger partial charge is 0.374 e. The average molecular weight is 242 g/mol. The molecule has 0 bridgehead atoms. The number of nitrogens with zero attached hydrogens (tertiary/aromatic N) is 1. The first-order chi connectivity index (χ1) is 7.60. The highest BCUT2D eigenvalue weighted by Crippen LogP contribution is 2.30. The zero-order valence-electron chi connectivity index (χ0n) is 10.8. The van der Waals surface area contributed by atoms with Gasteiger partial charge in [-0.15, -0.1) is 11.3 Å². The van der Waals surface area contributed by atoms with Gasteiger partial charge in [-0.1, -0.05) is 20.8 Å². The van der Waals surface area contributed by atoms with Gasteiger partial charge in [0.05, 0.1) is 5.69 Å². The molecule has 1 aromatic rings. The van der Waals surface area contributed by atoms with Crippen LogP contribution in [-0.2, 0) is 11.3 Å². The van der Waals surface area contributed by atoms with Crippen LogP contribution in [0.3, 0.4) is 0 Å². The van der Waals surface area contributed by atoms with Crippen molar-refractivity contribution in [3.05, 3.63) is 15.6 Å². The van der Waals surface area contributed by atoms with E-state index in [4.69, 9.17) is 4.74 Å². The van der Waals surface area contributed by atoms with Crippen LogP contribution in [0, 0.1) is 12.8 Å². The molecule has 0 saturated heterocycles. The lowest BCUT2D eigenvalue weighted by molar-refractivity contribution is 0.0643. The SMILES string of the molecule is CCNCc1sc(C(OC)C(C)C)nc1C. The first-order valence-corrected chi connectivity index (χ1v) is 6.61. The number of rotatable bonds is 6. The molecule has 0 radical (unpaired) electrons. The molecule has 0 fully saturated rings. The minimum absolute atomic E-state index is 0.124. The molecule has 4 heteroatoms. The number of aryl methyl sites for hydroxylation is 1. The van der Waals surface area contributed by atoms with Crippen molar-refractivity contribution in [3.63, 3.8) is 0 Å². The Morgan fingerprint density at radius 2 is 2.12 bits per heavy atom. The summed E-state index contributed by atoms with van der Waals surface area (Å²) in [5, 5.41) is 4.43. The van der Waals surface area contributed by atoms with E-state index in [-0.39, 0.29) is 6.10 Å². The summed E-state index contributed by atoms with van der Waals surface area (Å²) >= 11 is 1.76. The molecule has 16 heavy (non-hydrogen) atoms. The predicted molar refractivity (Wildman–Crippen MR) is 68.8 cm³/mol. The van der Waals surface area contributed by atoms with Crippen molar-refractivity contribution in [1.82, 2.24) is 10.3 Å². The van der Waals surface area contributed by atoms with Gasteiger partial charge in [0.2, 0.25) is 0 Å². The Morgan fingerprint density at radius 3 is 2.62 bits per heavy atom. The molecule has 1 heterocycles. The number of ether oxygens (including phenoxy) is 1. The van der Waals surface area contributed by atoms with Gasteiger partial charge in [0, 0.05) is 18.5 Å². The molecule has 0 aromatic carbocycles. The van der Waals surface area contributed by atoms with Crippen molar-refractivity contribution in [2.24, 2.45) is 5.92 Å². The maximum Gasteiger partial charge on any atom is 0.122 e. The number of nitrogens with one attached hydrogen (secondary N) is 1. The lowest BCUT2D eigenvalue weighted by atomic mass is 10.1. The third kappa shape index (κ3) is 3.27. The second-order valence-electron chi connectivity index (χ2n) is 4.24. The fourth-order valence-corrected chi connectivity index (χ4v) is 2.92. The zero-order chi connectivity index (χ0) is 12.1. The molecule has 1 N–H and O–H groups in total. The smallest absolute Gasteiger partial charge is 0.122 e. The van der Waals surface area contributed by atoms with Gasteiger partial charge in [-0.05, 0) is 19.4 Å². The van der Waals surface area contributed by atoms with E-state index in [1.807, 2.05) is 0 Å². The molecule has 0 aliphatic rings. The Balaban J connectivity index is 2.81. The van der Waals surface area contributed by atoms with E-state index in [0.29, 0.717) is 5.92 Å². The van der Waals surface area contributed by atoms with E-state index in [9.17, 15) is 0 Å². The highest BCUT2D eigenvalue weighted by atomic mass is 32.1. The van der Waals surface area contributed by atoms with E-state index in [2.05, 4.69) is 38.0 Å². The standard InChI is InChI=1S/C12H22N2OS/c1-6-13-7-10-9(4)14-12(16-10)11(15-5)8(2)3/h8,11,13H,6-7H2,1-5H3. The van der Waals surface area contributed by atoms with Gasteiger partial charge in [-0.3, -0.25) is 0 Å². The quantitative estimate of drug-likeness (QED) is 0.833. The molecule has 3 nitrogen and oxygen atoms in total. The van der Waals surface area contributed by atoms with Gasteiger partial charge < -0.3 is 10.1 Å². The van der Waals surface area contributed by atoms with E-state index in [1.54, 1.807) is 18.4 Å². The van der Waals surface area contributed by atoms with E-state index < -0.39 is 0 Å². The monoisotopic (exact) mass is 242 g/mol. The summed E-state index contributed by atoms with van der Waals surface area (Å²) in [7, 11) is 1.76. The first kappa shape index (κ1) is 13.6. The zero-order valence-corrected chi connectivity index (χ0v) is 11.6. The number of hydrogen-bond donors (Lipinski definition) is 1. The predicted octanol–water partition coefficient (Wildman–Crippen LogP) is 2.90. The minimum Gasteiger partial charge on any atom is -0.374 e. The summed E-state index contributed by atoms with van der Waals surface area (Å²) in [5.74, 6) is 0.461. The molecule has 0 amide bonds. The Labute approximate surface area is 102 Å². The first-order valence-electron chi connectivity index (χ1n) is 5.79. The Hall–Kier alpha value is -0.450. The van der Waals surface area contributed by atoms with Gasteiger partial charge in [0.1, 0.15) is 11.1 Å². The Kier molecular flexibility index (Phi) is 5.38. The highest BCUT2D eigenvalue weighted by Gasteiger charge is 2.20. The van der Waals surface area contributed by atoms with Gasteiger partial charge in [-0.25, -0.2) is 4.98 Å². The maximum atomic E-state index is 5.50. The van der Waals surface area contributed by atoms with Crippen LogP contribution in [0.5, 0.6) is 0 Å². The topological polar surface area (TPSA) is 34.1 Å². The lowest BCUT2D eigenvalue weighted by Crippen LogP contribution is -2.11. The molecule has 0 aliphatic carbocycles. The van der Waals surface area contributed by atoms with Crippen molar-refractivity contribution in [1.29, 1.82) is 0 Å². The molecule has 1 atom stereocenters.